The monoisotopic (exact) mass is 544 g/mol. The normalized spacial score (nSPS) is 13.4. The molecule has 0 saturated carbocycles. The lowest BCUT2D eigenvalue weighted by Crippen LogP contribution is -2.11. The number of hydrogen-bond donors (Lipinski definition) is 1. The van der Waals surface area contributed by atoms with Crippen molar-refractivity contribution in [3.63, 3.8) is 0 Å². The summed E-state index contributed by atoms with van der Waals surface area (Å²) in [7, 11) is 0. The van der Waals surface area contributed by atoms with Crippen molar-refractivity contribution in [1.29, 1.82) is 0 Å². The van der Waals surface area contributed by atoms with Crippen LogP contribution in [0.25, 0.3) is 21.6 Å². The average Bonchev–Trinajstić information content (AvgIpc) is 3.13. The molecule has 152 valence electrons. The van der Waals surface area contributed by atoms with E-state index in [1.807, 2.05) is 42.5 Å². The van der Waals surface area contributed by atoms with E-state index in [0.717, 1.165) is 55.3 Å². The highest BCUT2D eigenvalue weighted by Crippen LogP contribution is 2.35. The molecule has 1 aliphatic rings. The summed E-state index contributed by atoms with van der Waals surface area (Å²) in [5, 5.41) is 0.784. The van der Waals surface area contributed by atoms with Crippen LogP contribution in [-0.2, 0) is 19.4 Å². The van der Waals surface area contributed by atoms with Crippen LogP contribution in [0, 0.1) is 0 Å². The predicted molar refractivity (Wildman–Crippen MR) is 128 cm³/mol. The molecule has 0 atom stereocenters. The molecule has 30 heavy (non-hydrogen) atoms. The molecule has 0 fully saturated rings. The van der Waals surface area contributed by atoms with Crippen molar-refractivity contribution >= 4 is 53.4 Å². The summed E-state index contributed by atoms with van der Waals surface area (Å²) in [6.07, 6.45) is 4.38. The van der Waals surface area contributed by atoms with Gasteiger partial charge in [0.25, 0.3) is 5.56 Å². The van der Waals surface area contributed by atoms with E-state index >= 15 is 0 Å². The summed E-state index contributed by atoms with van der Waals surface area (Å²) in [5.41, 5.74) is 3.11. The van der Waals surface area contributed by atoms with Crippen LogP contribution in [-0.4, -0.2) is 9.97 Å². The number of halogens is 2. The Hall–Kier alpha value is -1.96. The highest BCUT2D eigenvalue weighted by Gasteiger charge is 2.20. The Morgan fingerprint density at radius 3 is 2.67 bits per heavy atom. The van der Waals surface area contributed by atoms with Gasteiger partial charge in [0, 0.05) is 14.9 Å². The fourth-order valence-corrected chi connectivity index (χ4v) is 5.83. The van der Waals surface area contributed by atoms with E-state index in [9.17, 15) is 4.79 Å². The number of hydrogen-bond acceptors (Lipinski definition) is 4. The van der Waals surface area contributed by atoms with Crippen LogP contribution >= 0.6 is 43.2 Å². The van der Waals surface area contributed by atoms with Gasteiger partial charge in [0.2, 0.25) is 0 Å². The molecular weight excluding hydrogens is 528 g/mol. The second-order valence-corrected chi connectivity index (χ2v) is 10.2. The fraction of sp³-hybridized carbons (Fsp3) is 0.217. The number of benzene rings is 2. The molecule has 4 aromatic rings. The number of ether oxygens (including phenoxy) is 1. The van der Waals surface area contributed by atoms with Crippen molar-refractivity contribution in [3.05, 3.63) is 77.8 Å². The molecule has 1 aliphatic carbocycles. The minimum atomic E-state index is -0.0407. The third kappa shape index (κ3) is 3.86. The minimum Gasteiger partial charge on any atom is -0.488 e. The molecule has 2 aromatic heterocycles. The molecule has 0 spiro atoms. The van der Waals surface area contributed by atoms with Crippen molar-refractivity contribution in [2.45, 2.75) is 32.3 Å². The summed E-state index contributed by atoms with van der Waals surface area (Å²) in [5.74, 6) is 1.34. The smallest absolute Gasteiger partial charge is 0.260 e. The fourth-order valence-electron chi connectivity index (χ4n) is 3.81. The van der Waals surface area contributed by atoms with Gasteiger partial charge >= 0.3 is 0 Å². The molecule has 5 rings (SSSR count). The number of H-pyrrole nitrogens is 1. The first-order valence-electron chi connectivity index (χ1n) is 9.80. The third-order valence-corrected chi connectivity index (χ3v) is 7.67. The topological polar surface area (TPSA) is 55.0 Å². The molecule has 7 heteroatoms. The van der Waals surface area contributed by atoms with Gasteiger partial charge < -0.3 is 9.72 Å². The van der Waals surface area contributed by atoms with Crippen LogP contribution in [0.4, 0.5) is 0 Å². The van der Waals surface area contributed by atoms with Crippen molar-refractivity contribution in [2.24, 2.45) is 0 Å². The Morgan fingerprint density at radius 2 is 1.87 bits per heavy atom. The summed E-state index contributed by atoms with van der Waals surface area (Å²) in [4.78, 5) is 22.7. The van der Waals surface area contributed by atoms with E-state index < -0.39 is 0 Å². The molecule has 0 bridgehead atoms. The van der Waals surface area contributed by atoms with Gasteiger partial charge in [-0.05, 0) is 83.1 Å². The first kappa shape index (κ1) is 20.0. The van der Waals surface area contributed by atoms with E-state index in [2.05, 4.69) is 36.8 Å². The number of rotatable bonds is 4. The van der Waals surface area contributed by atoms with Gasteiger partial charge in [-0.2, -0.15) is 0 Å². The van der Waals surface area contributed by atoms with Gasteiger partial charge in [0.05, 0.1) is 9.86 Å². The van der Waals surface area contributed by atoms with Crippen LogP contribution in [0.3, 0.4) is 0 Å². The molecule has 2 aromatic carbocycles. The van der Waals surface area contributed by atoms with E-state index in [-0.39, 0.29) is 5.56 Å². The number of nitrogens with zero attached hydrogens (tertiary/aromatic N) is 1. The predicted octanol–water partition coefficient (Wildman–Crippen LogP) is 6.63. The molecule has 4 nitrogen and oxygen atoms in total. The lowest BCUT2D eigenvalue weighted by molar-refractivity contribution is 0.304. The number of nitrogens with one attached hydrogen (secondary N) is 1. The van der Waals surface area contributed by atoms with E-state index in [1.54, 1.807) is 11.3 Å². The molecule has 0 saturated heterocycles. The number of fused-ring (bicyclic) bond motifs is 3. The first-order valence-corrected chi connectivity index (χ1v) is 12.2. The van der Waals surface area contributed by atoms with Crippen LogP contribution < -0.4 is 10.3 Å². The SMILES string of the molecule is O=c1[nH]c(-c2ccc(OCc3ccc(Br)cc3)c(Br)c2)nc2sc3c(c12)CCCC3. The quantitative estimate of drug-likeness (QED) is 0.313. The van der Waals surface area contributed by atoms with Gasteiger partial charge in [-0.15, -0.1) is 11.3 Å². The molecule has 1 N–H and O–H groups in total. The van der Waals surface area contributed by atoms with E-state index in [0.29, 0.717) is 12.4 Å². The molecule has 0 amide bonds. The largest absolute Gasteiger partial charge is 0.488 e. The Bertz CT molecular complexity index is 1300. The maximum Gasteiger partial charge on any atom is 0.260 e. The first-order chi connectivity index (χ1) is 14.6. The molecule has 0 aliphatic heterocycles. The second-order valence-electron chi connectivity index (χ2n) is 7.37. The van der Waals surface area contributed by atoms with Gasteiger partial charge in [-0.3, -0.25) is 4.79 Å². The standard InChI is InChI=1S/C23H18Br2N2O2S/c24-15-8-5-13(6-9-15)12-29-18-10-7-14(11-17(18)25)21-26-22(28)20-16-3-1-2-4-19(16)30-23(20)27-21/h5-11H,1-4,12H2,(H,26,27,28). The number of aromatic amines is 1. The van der Waals surface area contributed by atoms with Crippen molar-refractivity contribution in [3.8, 4) is 17.1 Å². The zero-order valence-corrected chi connectivity index (χ0v) is 20.0. The van der Waals surface area contributed by atoms with Gasteiger partial charge in [-0.25, -0.2) is 4.98 Å². The van der Waals surface area contributed by atoms with Crippen molar-refractivity contribution < 1.29 is 4.74 Å². The highest BCUT2D eigenvalue weighted by atomic mass is 79.9. The maximum absolute atomic E-state index is 12.8. The van der Waals surface area contributed by atoms with E-state index in [1.165, 1.54) is 16.9 Å². The van der Waals surface area contributed by atoms with Crippen molar-refractivity contribution in [1.82, 2.24) is 9.97 Å². The molecule has 0 radical (unpaired) electrons. The summed E-state index contributed by atoms with van der Waals surface area (Å²) >= 11 is 8.70. The molecule has 0 unspecified atom stereocenters. The summed E-state index contributed by atoms with van der Waals surface area (Å²) < 4.78 is 7.82. The second kappa shape index (κ2) is 8.29. The zero-order chi connectivity index (χ0) is 20.7. The van der Waals surface area contributed by atoms with Crippen LogP contribution in [0.15, 0.2) is 56.2 Å². The summed E-state index contributed by atoms with van der Waals surface area (Å²) in [6, 6.07) is 13.8. The zero-order valence-electron chi connectivity index (χ0n) is 16.0. The number of aryl methyl sites for hydroxylation is 2. The minimum absolute atomic E-state index is 0.0407. The van der Waals surface area contributed by atoms with Gasteiger partial charge in [0.1, 0.15) is 23.0 Å². The van der Waals surface area contributed by atoms with Crippen molar-refractivity contribution in [2.75, 3.05) is 0 Å². The number of thiophene rings is 1. The molecular formula is C23H18Br2N2O2S. The highest BCUT2D eigenvalue weighted by molar-refractivity contribution is 9.10. The van der Waals surface area contributed by atoms with Gasteiger partial charge in [-0.1, -0.05) is 28.1 Å². The lowest BCUT2D eigenvalue weighted by atomic mass is 9.97. The Kier molecular flexibility index (Phi) is 5.52. The van der Waals surface area contributed by atoms with E-state index in [4.69, 9.17) is 9.72 Å². The number of aromatic nitrogens is 2. The third-order valence-electron chi connectivity index (χ3n) is 5.34. The average molecular weight is 546 g/mol. The maximum atomic E-state index is 12.8. The molecule has 2 heterocycles. The lowest BCUT2D eigenvalue weighted by Gasteiger charge is -2.10. The van der Waals surface area contributed by atoms with Crippen LogP contribution in [0.2, 0.25) is 0 Å². The Morgan fingerprint density at radius 1 is 1.07 bits per heavy atom. The van der Waals surface area contributed by atoms with Crippen LogP contribution in [0.1, 0.15) is 28.8 Å². The van der Waals surface area contributed by atoms with Gasteiger partial charge in [0.15, 0.2) is 0 Å². The van der Waals surface area contributed by atoms with Crippen LogP contribution in [0.5, 0.6) is 5.75 Å². The Labute approximate surface area is 194 Å². The Balaban J connectivity index is 1.43. The summed E-state index contributed by atoms with van der Waals surface area (Å²) in [6.45, 7) is 0.479.